The minimum atomic E-state index is -0.341. The van der Waals surface area contributed by atoms with E-state index >= 15 is 0 Å². The number of carbonyl (C=O) groups is 2. The third-order valence-electron chi connectivity index (χ3n) is 3.74. The Morgan fingerprint density at radius 2 is 1.71 bits per heavy atom. The molecule has 5 nitrogen and oxygen atoms in total. The highest BCUT2D eigenvalue weighted by molar-refractivity contribution is 5.81. The Morgan fingerprint density at radius 3 is 2.14 bits per heavy atom. The Labute approximate surface area is 127 Å². The van der Waals surface area contributed by atoms with Crippen molar-refractivity contribution in [2.75, 3.05) is 6.61 Å². The number of hydrogen-bond acceptors (Lipinski definition) is 5. The molecule has 1 fully saturated rings. The zero-order chi connectivity index (χ0) is 16.3. The van der Waals surface area contributed by atoms with Crippen molar-refractivity contribution < 1.29 is 19.1 Å². The van der Waals surface area contributed by atoms with Crippen LogP contribution in [-0.4, -0.2) is 40.6 Å². The van der Waals surface area contributed by atoms with Crippen LogP contribution in [0, 0.1) is 0 Å². The Bertz CT molecular complexity index is 408. The number of piperidine rings is 1. The lowest BCUT2D eigenvalue weighted by molar-refractivity contribution is -0.154. The lowest BCUT2D eigenvalue weighted by atomic mass is 9.78. The average Bonchev–Trinajstić information content (AvgIpc) is 2.24. The van der Waals surface area contributed by atoms with E-state index in [1.54, 1.807) is 13.1 Å². The van der Waals surface area contributed by atoms with Crippen LogP contribution in [0.1, 0.15) is 54.4 Å². The Balaban J connectivity index is 2.89. The summed E-state index contributed by atoms with van der Waals surface area (Å²) in [5.74, 6) is -0.590. The summed E-state index contributed by atoms with van der Waals surface area (Å²) in [5, 5.41) is 0. The zero-order valence-corrected chi connectivity index (χ0v) is 13.9. The van der Waals surface area contributed by atoms with Crippen molar-refractivity contribution in [3.8, 4) is 0 Å². The molecule has 1 rings (SSSR count). The molecule has 0 aromatic heterocycles. The molecular formula is C16H27NO4. The third kappa shape index (κ3) is 4.76. The molecule has 0 amide bonds. The summed E-state index contributed by atoms with van der Waals surface area (Å²) in [6, 6.07) is 0. The van der Waals surface area contributed by atoms with Gasteiger partial charge in [-0.25, -0.2) is 4.79 Å². The topological polar surface area (TPSA) is 55.8 Å². The standard InChI is InChI=1S/C16H27NO4/c1-7-20-14(19)8-9-17-15(3,4)10-13(21-12(2)18)11-16(17,5)6/h8-9,13H,7,10-11H2,1-6H3/b9-8+. The highest BCUT2D eigenvalue weighted by Crippen LogP contribution is 2.39. The third-order valence-corrected chi connectivity index (χ3v) is 3.74. The molecule has 0 radical (unpaired) electrons. The van der Waals surface area contributed by atoms with Crippen molar-refractivity contribution in [2.24, 2.45) is 0 Å². The van der Waals surface area contributed by atoms with Gasteiger partial charge in [0.1, 0.15) is 6.10 Å². The molecule has 1 aliphatic heterocycles. The number of hydrogen-bond donors (Lipinski definition) is 0. The Kier molecular flexibility index (Phi) is 5.42. The number of rotatable bonds is 4. The van der Waals surface area contributed by atoms with Crippen molar-refractivity contribution >= 4 is 11.9 Å². The minimum absolute atomic E-state index is 0.0975. The summed E-state index contributed by atoms with van der Waals surface area (Å²) in [6.45, 7) is 11.9. The molecule has 0 unspecified atom stereocenters. The van der Waals surface area contributed by atoms with Crippen LogP contribution in [0.2, 0.25) is 0 Å². The van der Waals surface area contributed by atoms with Crippen molar-refractivity contribution in [3.05, 3.63) is 12.3 Å². The summed E-state index contributed by atoms with van der Waals surface area (Å²) in [6.07, 6.45) is 4.60. The van der Waals surface area contributed by atoms with E-state index in [4.69, 9.17) is 9.47 Å². The van der Waals surface area contributed by atoms with Gasteiger partial charge < -0.3 is 14.4 Å². The fourth-order valence-electron chi connectivity index (χ4n) is 3.25. The summed E-state index contributed by atoms with van der Waals surface area (Å²) in [7, 11) is 0. The molecule has 5 heteroatoms. The molecule has 0 bridgehead atoms. The van der Waals surface area contributed by atoms with Gasteiger partial charge >= 0.3 is 11.9 Å². The fourth-order valence-corrected chi connectivity index (χ4v) is 3.25. The molecule has 120 valence electrons. The smallest absolute Gasteiger partial charge is 0.332 e. The molecule has 0 aromatic carbocycles. The van der Waals surface area contributed by atoms with Crippen molar-refractivity contribution in [2.45, 2.75) is 71.6 Å². The van der Waals surface area contributed by atoms with Crippen LogP contribution in [0.4, 0.5) is 0 Å². The van der Waals surface area contributed by atoms with E-state index in [1.165, 1.54) is 13.0 Å². The van der Waals surface area contributed by atoms with Gasteiger partial charge in [0, 0.05) is 43.1 Å². The lowest BCUT2D eigenvalue weighted by Crippen LogP contribution is -2.59. The second-order valence-corrected chi connectivity index (χ2v) is 6.70. The molecule has 0 atom stereocenters. The molecule has 0 aromatic rings. The second kappa shape index (κ2) is 6.50. The van der Waals surface area contributed by atoms with E-state index in [9.17, 15) is 9.59 Å². The van der Waals surface area contributed by atoms with Crippen LogP contribution in [0.3, 0.4) is 0 Å². The zero-order valence-electron chi connectivity index (χ0n) is 13.9. The first-order chi connectivity index (χ1) is 9.58. The maximum absolute atomic E-state index is 11.5. The number of nitrogens with zero attached hydrogens (tertiary/aromatic N) is 1. The molecule has 0 spiro atoms. The monoisotopic (exact) mass is 297 g/mol. The van der Waals surface area contributed by atoms with Gasteiger partial charge in [-0.05, 0) is 34.6 Å². The molecule has 1 aliphatic rings. The Morgan fingerprint density at radius 1 is 1.19 bits per heavy atom. The van der Waals surface area contributed by atoms with E-state index in [0.29, 0.717) is 6.61 Å². The Hall–Kier alpha value is -1.52. The SMILES string of the molecule is CCOC(=O)/C=C/N1C(C)(C)CC(OC(C)=O)CC1(C)C. The van der Waals surface area contributed by atoms with Gasteiger partial charge in [-0.1, -0.05) is 0 Å². The number of esters is 2. The van der Waals surface area contributed by atoms with E-state index in [1.807, 2.05) is 0 Å². The summed E-state index contributed by atoms with van der Waals surface area (Å²) >= 11 is 0. The summed E-state index contributed by atoms with van der Waals surface area (Å²) < 4.78 is 10.3. The molecule has 1 saturated heterocycles. The quantitative estimate of drug-likeness (QED) is 0.590. The van der Waals surface area contributed by atoms with E-state index in [-0.39, 0.29) is 29.1 Å². The van der Waals surface area contributed by atoms with Gasteiger partial charge in [-0.2, -0.15) is 0 Å². The largest absolute Gasteiger partial charge is 0.463 e. The van der Waals surface area contributed by atoms with Crippen LogP contribution < -0.4 is 0 Å². The highest BCUT2D eigenvalue weighted by Gasteiger charge is 2.44. The number of ether oxygens (including phenoxy) is 2. The van der Waals surface area contributed by atoms with Gasteiger partial charge in [0.15, 0.2) is 0 Å². The van der Waals surface area contributed by atoms with Crippen LogP contribution in [0.25, 0.3) is 0 Å². The van der Waals surface area contributed by atoms with Crippen molar-refractivity contribution in [1.29, 1.82) is 0 Å². The maximum Gasteiger partial charge on any atom is 0.332 e. The molecule has 0 N–H and O–H groups in total. The predicted octanol–water partition coefficient (Wildman–Crippen LogP) is 2.65. The second-order valence-electron chi connectivity index (χ2n) is 6.70. The molecule has 21 heavy (non-hydrogen) atoms. The number of likely N-dealkylation sites (tertiary alicyclic amines) is 1. The number of carbonyl (C=O) groups excluding carboxylic acids is 2. The average molecular weight is 297 g/mol. The highest BCUT2D eigenvalue weighted by atomic mass is 16.5. The van der Waals surface area contributed by atoms with Crippen molar-refractivity contribution in [1.82, 2.24) is 4.90 Å². The summed E-state index contributed by atoms with van der Waals surface area (Å²) in [5.41, 5.74) is -0.435. The maximum atomic E-state index is 11.5. The van der Waals surface area contributed by atoms with E-state index in [2.05, 4.69) is 32.6 Å². The van der Waals surface area contributed by atoms with E-state index < -0.39 is 0 Å². The van der Waals surface area contributed by atoms with Gasteiger partial charge in [0.05, 0.1) is 6.61 Å². The van der Waals surface area contributed by atoms with Gasteiger partial charge in [-0.15, -0.1) is 0 Å². The summed E-state index contributed by atoms with van der Waals surface area (Å²) in [4.78, 5) is 24.9. The van der Waals surface area contributed by atoms with E-state index in [0.717, 1.165) is 12.8 Å². The van der Waals surface area contributed by atoms with Crippen LogP contribution in [0.5, 0.6) is 0 Å². The van der Waals surface area contributed by atoms with Crippen LogP contribution >= 0.6 is 0 Å². The first kappa shape index (κ1) is 17.5. The van der Waals surface area contributed by atoms with Crippen LogP contribution in [-0.2, 0) is 19.1 Å². The minimum Gasteiger partial charge on any atom is -0.463 e. The van der Waals surface area contributed by atoms with Gasteiger partial charge in [0.25, 0.3) is 0 Å². The molecule has 1 heterocycles. The lowest BCUT2D eigenvalue weighted by Gasteiger charge is -2.54. The normalized spacial score (nSPS) is 21.3. The first-order valence-corrected chi connectivity index (χ1v) is 7.40. The molecular weight excluding hydrogens is 270 g/mol. The molecule has 0 saturated carbocycles. The molecule has 0 aliphatic carbocycles. The fraction of sp³-hybridized carbons (Fsp3) is 0.750. The van der Waals surface area contributed by atoms with Crippen LogP contribution in [0.15, 0.2) is 12.3 Å². The van der Waals surface area contributed by atoms with Crippen molar-refractivity contribution in [3.63, 3.8) is 0 Å². The predicted molar refractivity (Wildman–Crippen MR) is 80.6 cm³/mol. The van der Waals surface area contributed by atoms with Gasteiger partial charge in [0.2, 0.25) is 0 Å². The first-order valence-electron chi connectivity index (χ1n) is 7.40. The van der Waals surface area contributed by atoms with Gasteiger partial charge in [-0.3, -0.25) is 4.79 Å².